The van der Waals surface area contributed by atoms with E-state index in [4.69, 9.17) is 16.3 Å². The van der Waals surface area contributed by atoms with E-state index >= 15 is 0 Å². The molecule has 164 valence electrons. The molecule has 11 heteroatoms. The summed E-state index contributed by atoms with van der Waals surface area (Å²) in [5.41, 5.74) is 0.0366. The van der Waals surface area contributed by atoms with Gasteiger partial charge in [-0.2, -0.15) is 4.31 Å². The van der Waals surface area contributed by atoms with Crippen LogP contribution in [-0.2, 0) is 20.0 Å². The van der Waals surface area contributed by atoms with Crippen molar-refractivity contribution in [1.82, 2.24) is 4.31 Å². The molecule has 1 fully saturated rings. The molecule has 1 aliphatic heterocycles. The van der Waals surface area contributed by atoms with Crippen LogP contribution in [0.25, 0.3) is 0 Å². The molecular formula is C19H22ClFN2O5S2. The van der Waals surface area contributed by atoms with E-state index in [0.717, 1.165) is 37.5 Å². The molecule has 0 aromatic heterocycles. The van der Waals surface area contributed by atoms with Gasteiger partial charge in [-0.25, -0.2) is 21.2 Å². The molecule has 1 N–H and O–H groups in total. The van der Waals surface area contributed by atoms with Crippen molar-refractivity contribution in [1.29, 1.82) is 0 Å². The number of hydrogen-bond acceptors (Lipinski definition) is 5. The molecule has 0 saturated carbocycles. The maximum absolute atomic E-state index is 13.4. The topological polar surface area (TPSA) is 92.8 Å². The number of rotatable bonds is 7. The van der Waals surface area contributed by atoms with Gasteiger partial charge in [-0.1, -0.05) is 18.0 Å². The monoisotopic (exact) mass is 476 g/mol. The van der Waals surface area contributed by atoms with E-state index < -0.39 is 25.9 Å². The molecule has 1 heterocycles. The van der Waals surface area contributed by atoms with Crippen LogP contribution in [0.2, 0.25) is 5.02 Å². The summed E-state index contributed by atoms with van der Waals surface area (Å²) in [5, 5.41) is -0.335. The standard InChI is InChI=1S/C19H22ClFN2O5S2/c1-2-28-18-9-6-14(12-19(18)30(26,27)23-10-4-3-5-11-23)22-29(24,25)15-7-8-17(21)16(20)13-15/h6-9,12-13,22H,2-5,10-11H2,1H3. The Morgan fingerprint density at radius 3 is 2.40 bits per heavy atom. The van der Waals surface area contributed by atoms with Crippen molar-refractivity contribution in [3.63, 3.8) is 0 Å². The first kappa shape index (κ1) is 22.8. The highest BCUT2D eigenvalue weighted by Crippen LogP contribution is 2.32. The summed E-state index contributed by atoms with van der Waals surface area (Å²) < 4.78 is 74.2. The van der Waals surface area contributed by atoms with Crippen molar-refractivity contribution in [2.75, 3.05) is 24.4 Å². The zero-order chi connectivity index (χ0) is 21.9. The second-order valence-corrected chi connectivity index (χ2v) is 10.7. The van der Waals surface area contributed by atoms with Gasteiger partial charge in [0.2, 0.25) is 10.0 Å². The van der Waals surface area contributed by atoms with E-state index in [-0.39, 0.29) is 32.9 Å². The minimum atomic E-state index is -4.12. The minimum Gasteiger partial charge on any atom is -0.492 e. The van der Waals surface area contributed by atoms with Crippen molar-refractivity contribution >= 4 is 37.3 Å². The molecule has 2 aromatic carbocycles. The molecule has 2 aromatic rings. The zero-order valence-electron chi connectivity index (χ0n) is 16.3. The van der Waals surface area contributed by atoms with Crippen molar-refractivity contribution in [2.24, 2.45) is 0 Å². The third kappa shape index (κ3) is 4.88. The molecule has 0 bridgehead atoms. The van der Waals surface area contributed by atoms with E-state index in [1.165, 1.54) is 22.5 Å². The van der Waals surface area contributed by atoms with E-state index in [0.29, 0.717) is 13.1 Å². The molecule has 3 rings (SSSR count). The summed E-state index contributed by atoms with van der Waals surface area (Å²) in [6.07, 6.45) is 2.49. The van der Waals surface area contributed by atoms with Gasteiger partial charge in [0.15, 0.2) is 0 Å². The van der Waals surface area contributed by atoms with Gasteiger partial charge < -0.3 is 4.74 Å². The highest BCUT2D eigenvalue weighted by molar-refractivity contribution is 7.92. The number of nitrogens with one attached hydrogen (secondary N) is 1. The lowest BCUT2D eigenvalue weighted by molar-refractivity contribution is 0.323. The van der Waals surface area contributed by atoms with Gasteiger partial charge in [0.1, 0.15) is 16.5 Å². The van der Waals surface area contributed by atoms with E-state index in [1.807, 2.05) is 0 Å². The first-order valence-electron chi connectivity index (χ1n) is 9.40. The third-order valence-corrected chi connectivity index (χ3v) is 8.22. The predicted molar refractivity (Wildman–Crippen MR) is 112 cm³/mol. The normalized spacial score (nSPS) is 15.7. The summed E-state index contributed by atoms with van der Waals surface area (Å²) in [6.45, 7) is 2.78. The Bertz CT molecular complexity index is 1130. The Hall–Kier alpha value is -1.88. The van der Waals surface area contributed by atoms with Gasteiger partial charge in [0, 0.05) is 13.1 Å². The first-order chi connectivity index (χ1) is 14.1. The molecule has 0 unspecified atom stereocenters. The van der Waals surface area contributed by atoms with Crippen molar-refractivity contribution in [3.8, 4) is 5.75 Å². The Labute approximate surface area is 180 Å². The number of piperidine rings is 1. The van der Waals surface area contributed by atoms with Crippen LogP contribution in [0.5, 0.6) is 5.75 Å². The molecule has 30 heavy (non-hydrogen) atoms. The van der Waals surface area contributed by atoms with E-state index in [1.54, 1.807) is 6.92 Å². The van der Waals surface area contributed by atoms with E-state index in [2.05, 4.69) is 4.72 Å². The molecule has 0 aliphatic carbocycles. The van der Waals surface area contributed by atoms with E-state index in [9.17, 15) is 21.2 Å². The quantitative estimate of drug-likeness (QED) is 0.655. The van der Waals surface area contributed by atoms with Crippen LogP contribution >= 0.6 is 11.6 Å². The first-order valence-corrected chi connectivity index (χ1v) is 12.7. The van der Waals surface area contributed by atoms with Gasteiger partial charge in [0.05, 0.1) is 22.2 Å². The minimum absolute atomic E-state index is 0.0366. The third-order valence-electron chi connectivity index (χ3n) is 4.63. The molecule has 0 amide bonds. The molecule has 0 atom stereocenters. The number of sulfonamides is 2. The summed E-state index contributed by atoms with van der Waals surface area (Å²) in [4.78, 5) is -0.355. The van der Waals surface area contributed by atoms with Gasteiger partial charge in [-0.05, 0) is 56.2 Å². The van der Waals surface area contributed by atoms with Crippen molar-refractivity contribution < 1.29 is 26.0 Å². The maximum Gasteiger partial charge on any atom is 0.261 e. The zero-order valence-corrected chi connectivity index (χ0v) is 18.7. The fraction of sp³-hybridized carbons (Fsp3) is 0.368. The number of anilines is 1. The number of halogens is 2. The molecule has 0 radical (unpaired) electrons. The summed E-state index contributed by atoms with van der Waals surface area (Å²) in [5.74, 6) is -0.595. The Kier molecular flexibility index (Phi) is 6.91. The van der Waals surface area contributed by atoms with Crippen LogP contribution in [0.15, 0.2) is 46.2 Å². The summed E-state index contributed by atoms with van der Waals surface area (Å²) in [6, 6.07) is 7.06. The fourth-order valence-electron chi connectivity index (χ4n) is 3.15. The molecule has 1 aliphatic rings. The fourth-order valence-corrected chi connectivity index (χ4v) is 6.15. The molecule has 0 spiro atoms. The largest absolute Gasteiger partial charge is 0.492 e. The SMILES string of the molecule is CCOc1ccc(NS(=O)(=O)c2ccc(F)c(Cl)c2)cc1S(=O)(=O)N1CCCCC1. The summed E-state index contributed by atoms with van der Waals surface area (Å²) in [7, 11) is -7.98. The summed E-state index contributed by atoms with van der Waals surface area (Å²) >= 11 is 5.68. The lowest BCUT2D eigenvalue weighted by atomic mass is 10.2. The molecule has 7 nitrogen and oxygen atoms in total. The lowest BCUT2D eigenvalue weighted by Crippen LogP contribution is -2.35. The highest BCUT2D eigenvalue weighted by atomic mass is 35.5. The average Bonchev–Trinajstić information content (AvgIpc) is 2.71. The van der Waals surface area contributed by atoms with Gasteiger partial charge in [-0.3, -0.25) is 4.72 Å². The highest BCUT2D eigenvalue weighted by Gasteiger charge is 2.30. The average molecular weight is 477 g/mol. The Morgan fingerprint density at radius 2 is 1.77 bits per heavy atom. The van der Waals surface area contributed by atoms with Crippen LogP contribution in [0, 0.1) is 5.82 Å². The molecular weight excluding hydrogens is 455 g/mol. The Balaban J connectivity index is 1.98. The van der Waals surface area contributed by atoms with Gasteiger partial charge in [0.25, 0.3) is 10.0 Å². The lowest BCUT2D eigenvalue weighted by Gasteiger charge is -2.27. The van der Waals surface area contributed by atoms with Crippen LogP contribution < -0.4 is 9.46 Å². The van der Waals surface area contributed by atoms with Gasteiger partial charge >= 0.3 is 0 Å². The van der Waals surface area contributed by atoms with Gasteiger partial charge in [-0.15, -0.1) is 0 Å². The smallest absolute Gasteiger partial charge is 0.261 e. The number of nitrogens with zero attached hydrogens (tertiary/aromatic N) is 1. The predicted octanol–water partition coefficient (Wildman–Crippen LogP) is 3.85. The maximum atomic E-state index is 13.4. The van der Waals surface area contributed by atoms with Crippen LogP contribution in [0.1, 0.15) is 26.2 Å². The second kappa shape index (κ2) is 9.09. The number of benzene rings is 2. The van der Waals surface area contributed by atoms with Crippen LogP contribution in [0.4, 0.5) is 10.1 Å². The van der Waals surface area contributed by atoms with Crippen molar-refractivity contribution in [2.45, 2.75) is 36.0 Å². The second-order valence-electron chi connectivity index (χ2n) is 6.74. The number of ether oxygens (including phenoxy) is 1. The Morgan fingerprint density at radius 1 is 1.07 bits per heavy atom. The molecule has 1 saturated heterocycles. The van der Waals surface area contributed by atoms with Crippen LogP contribution in [0.3, 0.4) is 0 Å². The van der Waals surface area contributed by atoms with Crippen LogP contribution in [-0.4, -0.2) is 40.8 Å². The van der Waals surface area contributed by atoms with Crippen molar-refractivity contribution in [3.05, 3.63) is 47.2 Å². The number of hydrogen-bond donors (Lipinski definition) is 1.